The van der Waals surface area contributed by atoms with Gasteiger partial charge < -0.3 is 11.5 Å². The Hall–Kier alpha value is -1.53. The van der Waals surface area contributed by atoms with Gasteiger partial charge in [0.15, 0.2) is 0 Å². The maximum atomic E-state index is 8.58. The van der Waals surface area contributed by atoms with Gasteiger partial charge >= 0.3 is 0 Å². The Morgan fingerprint density at radius 3 is 2.67 bits per heavy atom. The van der Waals surface area contributed by atoms with Crippen molar-refractivity contribution in [1.29, 1.82) is 5.26 Å². The minimum Gasteiger partial charge on any atom is -0.398 e. The zero-order valence-corrected chi connectivity index (χ0v) is 6.75. The number of rotatable bonds is 2. The highest BCUT2D eigenvalue weighted by atomic mass is 14.6. The molecule has 1 aromatic rings. The van der Waals surface area contributed by atoms with Crippen LogP contribution in [0.25, 0.3) is 0 Å². The van der Waals surface area contributed by atoms with E-state index in [4.69, 9.17) is 16.7 Å². The van der Waals surface area contributed by atoms with Gasteiger partial charge in [-0.2, -0.15) is 5.26 Å². The molecule has 0 bridgehead atoms. The Labute approximate surface area is 71.6 Å². The van der Waals surface area contributed by atoms with Gasteiger partial charge in [0.1, 0.15) is 6.07 Å². The molecule has 3 heteroatoms. The normalized spacial score (nSPS) is 9.33. The standard InChI is InChI=1S/C9H11N3/c10-4-3-7-1-2-8(6-11)9(12)5-7/h1-2,5H,3-4,10,12H2. The van der Waals surface area contributed by atoms with Crippen LogP contribution in [-0.2, 0) is 6.42 Å². The summed E-state index contributed by atoms with van der Waals surface area (Å²) in [6.07, 6.45) is 0.801. The number of nitriles is 1. The molecule has 62 valence electrons. The molecule has 0 atom stereocenters. The maximum Gasteiger partial charge on any atom is 0.101 e. The average Bonchev–Trinajstić information content (AvgIpc) is 2.05. The highest BCUT2D eigenvalue weighted by molar-refractivity contribution is 5.55. The molecule has 3 nitrogen and oxygen atoms in total. The van der Waals surface area contributed by atoms with Crippen molar-refractivity contribution in [3.05, 3.63) is 29.3 Å². The van der Waals surface area contributed by atoms with E-state index in [0.29, 0.717) is 17.8 Å². The highest BCUT2D eigenvalue weighted by Gasteiger charge is 1.98. The summed E-state index contributed by atoms with van der Waals surface area (Å²) in [6, 6.07) is 7.40. The Morgan fingerprint density at radius 1 is 1.42 bits per heavy atom. The molecule has 1 rings (SSSR count). The van der Waals surface area contributed by atoms with Crippen molar-refractivity contribution < 1.29 is 0 Å². The molecule has 0 saturated heterocycles. The number of hydrogen-bond donors (Lipinski definition) is 2. The van der Waals surface area contributed by atoms with Gasteiger partial charge in [-0.1, -0.05) is 6.07 Å². The molecule has 0 unspecified atom stereocenters. The molecular formula is C9H11N3. The molecule has 0 radical (unpaired) electrons. The SMILES string of the molecule is N#Cc1ccc(CCN)cc1N. The molecule has 0 aliphatic rings. The van der Waals surface area contributed by atoms with E-state index in [1.54, 1.807) is 12.1 Å². The fourth-order valence-corrected chi connectivity index (χ4v) is 1.04. The third-order valence-electron chi connectivity index (χ3n) is 1.67. The van der Waals surface area contributed by atoms with Gasteiger partial charge in [0.2, 0.25) is 0 Å². The second-order valence-electron chi connectivity index (χ2n) is 2.57. The molecule has 0 heterocycles. The van der Waals surface area contributed by atoms with E-state index in [1.807, 2.05) is 12.1 Å². The van der Waals surface area contributed by atoms with Gasteiger partial charge in [-0.05, 0) is 30.7 Å². The summed E-state index contributed by atoms with van der Waals surface area (Å²) in [7, 11) is 0. The largest absolute Gasteiger partial charge is 0.398 e. The van der Waals surface area contributed by atoms with Gasteiger partial charge in [0.05, 0.1) is 5.56 Å². The van der Waals surface area contributed by atoms with Crippen LogP contribution in [0.1, 0.15) is 11.1 Å². The molecule has 4 N–H and O–H groups in total. The monoisotopic (exact) mass is 161 g/mol. The van der Waals surface area contributed by atoms with Crippen molar-refractivity contribution in [2.45, 2.75) is 6.42 Å². The maximum absolute atomic E-state index is 8.58. The van der Waals surface area contributed by atoms with Gasteiger partial charge in [-0.25, -0.2) is 0 Å². The Bertz CT molecular complexity index is 312. The average molecular weight is 161 g/mol. The van der Waals surface area contributed by atoms with E-state index < -0.39 is 0 Å². The van der Waals surface area contributed by atoms with E-state index in [9.17, 15) is 0 Å². The smallest absolute Gasteiger partial charge is 0.101 e. The predicted molar refractivity (Wildman–Crippen MR) is 48.3 cm³/mol. The highest BCUT2D eigenvalue weighted by Crippen LogP contribution is 2.12. The van der Waals surface area contributed by atoms with Crippen LogP contribution >= 0.6 is 0 Å². The second kappa shape index (κ2) is 3.74. The first-order valence-electron chi connectivity index (χ1n) is 3.76. The number of nitrogens with zero attached hydrogens (tertiary/aromatic N) is 1. The Morgan fingerprint density at radius 2 is 2.17 bits per heavy atom. The summed E-state index contributed by atoms with van der Waals surface area (Å²) >= 11 is 0. The van der Waals surface area contributed by atoms with Crippen molar-refractivity contribution in [2.75, 3.05) is 12.3 Å². The van der Waals surface area contributed by atoms with Gasteiger partial charge in [0, 0.05) is 5.69 Å². The molecule has 1 aromatic carbocycles. The predicted octanol–water partition coefficient (Wildman–Crippen LogP) is 0.642. The lowest BCUT2D eigenvalue weighted by Gasteiger charge is -2.01. The van der Waals surface area contributed by atoms with E-state index in [1.165, 1.54) is 0 Å². The van der Waals surface area contributed by atoms with Crippen molar-refractivity contribution in [2.24, 2.45) is 5.73 Å². The number of benzene rings is 1. The summed E-state index contributed by atoms with van der Waals surface area (Å²) in [4.78, 5) is 0. The summed E-state index contributed by atoms with van der Waals surface area (Å²) in [5.74, 6) is 0. The van der Waals surface area contributed by atoms with Crippen LogP contribution in [-0.4, -0.2) is 6.54 Å². The lowest BCUT2D eigenvalue weighted by molar-refractivity contribution is 0.969. The molecule has 0 spiro atoms. The lowest BCUT2D eigenvalue weighted by atomic mass is 10.1. The van der Waals surface area contributed by atoms with Crippen LogP contribution in [0.3, 0.4) is 0 Å². The molecule has 0 saturated carbocycles. The topological polar surface area (TPSA) is 75.8 Å². The van der Waals surface area contributed by atoms with Gasteiger partial charge in [-0.3, -0.25) is 0 Å². The summed E-state index contributed by atoms with van der Waals surface area (Å²) in [5, 5.41) is 8.58. The van der Waals surface area contributed by atoms with Crippen molar-refractivity contribution >= 4 is 5.69 Å². The number of anilines is 1. The first kappa shape index (κ1) is 8.57. The summed E-state index contributed by atoms with van der Waals surface area (Å²) in [5.41, 5.74) is 13.1. The quantitative estimate of drug-likeness (QED) is 0.625. The molecule has 0 aromatic heterocycles. The van der Waals surface area contributed by atoms with Crippen LogP contribution in [0.15, 0.2) is 18.2 Å². The molecule has 0 fully saturated rings. The zero-order chi connectivity index (χ0) is 8.97. The van der Waals surface area contributed by atoms with Crippen LogP contribution in [0, 0.1) is 11.3 Å². The van der Waals surface area contributed by atoms with Crippen LogP contribution < -0.4 is 11.5 Å². The fraction of sp³-hybridized carbons (Fsp3) is 0.222. The summed E-state index contributed by atoms with van der Waals surface area (Å²) in [6.45, 7) is 0.603. The first-order chi connectivity index (χ1) is 5.77. The van der Waals surface area contributed by atoms with Crippen molar-refractivity contribution in [3.63, 3.8) is 0 Å². The van der Waals surface area contributed by atoms with E-state index >= 15 is 0 Å². The lowest BCUT2D eigenvalue weighted by Crippen LogP contribution is -2.03. The minimum absolute atomic E-state index is 0.524. The molecule has 12 heavy (non-hydrogen) atoms. The van der Waals surface area contributed by atoms with Crippen LogP contribution in [0.5, 0.6) is 0 Å². The number of nitrogen functional groups attached to an aromatic ring is 1. The van der Waals surface area contributed by atoms with E-state index in [2.05, 4.69) is 0 Å². The van der Waals surface area contributed by atoms with E-state index in [-0.39, 0.29) is 0 Å². The number of hydrogen-bond acceptors (Lipinski definition) is 3. The molecule has 0 amide bonds. The third kappa shape index (κ3) is 1.74. The zero-order valence-electron chi connectivity index (χ0n) is 6.75. The minimum atomic E-state index is 0.524. The van der Waals surface area contributed by atoms with Crippen LogP contribution in [0.4, 0.5) is 5.69 Å². The molecular weight excluding hydrogens is 150 g/mol. The third-order valence-corrected chi connectivity index (χ3v) is 1.67. The van der Waals surface area contributed by atoms with Crippen LogP contribution in [0.2, 0.25) is 0 Å². The number of nitrogens with two attached hydrogens (primary N) is 2. The second-order valence-corrected chi connectivity index (χ2v) is 2.57. The van der Waals surface area contributed by atoms with E-state index in [0.717, 1.165) is 12.0 Å². The Balaban J connectivity index is 2.96. The first-order valence-corrected chi connectivity index (χ1v) is 3.76. The summed E-state index contributed by atoms with van der Waals surface area (Å²) < 4.78 is 0. The molecule has 0 aliphatic heterocycles. The van der Waals surface area contributed by atoms with Crippen molar-refractivity contribution in [3.8, 4) is 6.07 Å². The van der Waals surface area contributed by atoms with Gasteiger partial charge in [-0.15, -0.1) is 0 Å². The van der Waals surface area contributed by atoms with Crippen molar-refractivity contribution in [1.82, 2.24) is 0 Å². The van der Waals surface area contributed by atoms with Gasteiger partial charge in [0.25, 0.3) is 0 Å². The Kier molecular flexibility index (Phi) is 2.67. The molecule has 0 aliphatic carbocycles. The fourth-order valence-electron chi connectivity index (χ4n) is 1.04.